The number of hydrogen-bond donors (Lipinski definition) is 0. The zero-order chi connectivity index (χ0) is 20.1. The molecule has 3 rings (SSSR count). The van der Waals surface area contributed by atoms with E-state index in [1.807, 2.05) is 12.1 Å². The Kier molecular flexibility index (Phi) is 6.83. The van der Waals surface area contributed by atoms with Gasteiger partial charge in [-0.2, -0.15) is 5.26 Å². The molecule has 28 heavy (non-hydrogen) atoms. The Morgan fingerprint density at radius 1 is 1.00 bits per heavy atom. The predicted molar refractivity (Wildman–Crippen MR) is 110 cm³/mol. The summed E-state index contributed by atoms with van der Waals surface area (Å²) in [7, 11) is 0. The van der Waals surface area contributed by atoms with E-state index < -0.39 is 17.2 Å². The molecule has 1 unspecified atom stereocenters. The average molecular weight is 382 g/mol. The number of rotatable bonds is 6. The largest absolute Gasteiger partial charge is 0.205 e. The second kappa shape index (κ2) is 9.32. The van der Waals surface area contributed by atoms with Crippen LogP contribution in [0.3, 0.4) is 0 Å². The van der Waals surface area contributed by atoms with E-state index in [0.29, 0.717) is 17.4 Å². The number of hydrogen-bond acceptors (Lipinski definition) is 1. The van der Waals surface area contributed by atoms with E-state index in [2.05, 4.69) is 26.0 Å². The summed E-state index contributed by atoms with van der Waals surface area (Å²) in [5, 5.41) is 8.81. The lowest BCUT2D eigenvalue weighted by atomic mass is 9.73. The fourth-order valence-corrected chi connectivity index (χ4v) is 4.57. The lowest BCUT2D eigenvalue weighted by molar-refractivity contribution is 0.237. The molecule has 148 valence electrons. The molecule has 2 aromatic carbocycles. The molecule has 1 aliphatic rings. The van der Waals surface area contributed by atoms with Crippen LogP contribution in [0.15, 0.2) is 36.4 Å². The molecule has 0 bridgehead atoms. The fraction of sp³-hybridized carbons (Fsp3) is 0.480. The Morgan fingerprint density at radius 3 is 2.14 bits per heavy atom. The highest BCUT2D eigenvalue weighted by molar-refractivity contribution is 5.65. The quantitative estimate of drug-likeness (QED) is 0.505. The molecule has 1 fully saturated rings. The standard InChI is InChI=1S/C25H29F2N/c1-3-4-5-18-6-8-19(9-7-18)17(2)20-10-12-21(13-11-20)22-14-24(26)23(16-28)25(27)15-22/h10-15,17-19H,3-9H2,1-2H3. The van der Waals surface area contributed by atoms with Gasteiger partial charge in [0.1, 0.15) is 23.3 Å². The van der Waals surface area contributed by atoms with Gasteiger partial charge in [0.2, 0.25) is 0 Å². The molecular weight excluding hydrogens is 352 g/mol. The van der Waals surface area contributed by atoms with Crippen LogP contribution in [0.5, 0.6) is 0 Å². The van der Waals surface area contributed by atoms with E-state index in [-0.39, 0.29) is 0 Å². The van der Waals surface area contributed by atoms with Gasteiger partial charge < -0.3 is 0 Å². The average Bonchev–Trinajstić information content (AvgIpc) is 2.72. The van der Waals surface area contributed by atoms with Gasteiger partial charge in [0.15, 0.2) is 0 Å². The fourth-order valence-electron chi connectivity index (χ4n) is 4.57. The Hall–Kier alpha value is -2.21. The third-order valence-corrected chi connectivity index (χ3v) is 6.49. The van der Waals surface area contributed by atoms with Gasteiger partial charge in [-0.3, -0.25) is 0 Å². The first-order chi connectivity index (χ1) is 13.5. The summed E-state index contributed by atoms with van der Waals surface area (Å²) < 4.78 is 27.8. The molecule has 0 N–H and O–H groups in total. The monoisotopic (exact) mass is 381 g/mol. The number of unbranched alkanes of at least 4 members (excludes halogenated alkanes) is 1. The Bertz CT molecular complexity index is 804. The summed E-state index contributed by atoms with van der Waals surface area (Å²) in [6, 6.07) is 12.1. The Morgan fingerprint density at radius 2 is 1.61 bits per heavy atom. The summed E-state index contributed by atoms with van der Waals surface area (Å²) in [6.07, 6.45) is 9.29. The minimum atomic E-state index is -0.810. The van der Waals surface area contributed by atoms with E-state index in [4.69, 9.17) is 5.26 Å². The van der Waals surface area contributed by atoms with Crippen molar-refractivity contribution in [1.29, 1.82) is 5.26 Å². The maximum Gasteiger partial charge on any atom is 0.144 e. The van der Waals surface area contributed by atoms with Crippen LogP contribution in [-0.2, 0) is 0 Å². The third-order valence-electron chi connectivity index (χ3n) is 6.49. The van der Waals surface area contributed by atoms with Gasteiger partial charge in [0.05, 0.1) is 0 Å². The van der Waals surface area contributed by atoms with Crippen molar-refractivity contribution < 1.29 is 8.78 Å². The minimum absolute atomic E-state index is 0.463. The molecule has 0 heterocycles. The molecule has 0 amide bonds. The molecule has 0 spiro atoms. The van der Waals surface area contributed by atoms with Crippen LogP contribution >= 0.6 is 0 Å². The molecule has 3 heteroatoms. The zero-order valence-corrected chi connectivity index (χ0v) is 16.8. The van der Waals surface area contributed by atoms with Crippen LogP contribution in [0.2, 0.25) is 0 Å². The summed E-state index contributed by atoms with van der Waals surface area (Å²) in [5.41, 5.74) is 1.99. The van der Waals surface area contributed by atoms with Gasteiger partial charge in [-0.15, -0.1) is 0 Å². The molecule has 0 aromatic heterocycles. The number of nitrogens with zero attached hydrogens (tertiary/aromatic N) is 1. The minimum Gasteiger partial charge on any atom is -0.205 e. The highest BCUT2D eigenvalue weighted by atomic mass is 19.1. The van der Waals surface area contributed by atoms with Crippen LogP contribution in [-0.4, -0.2) is 0 Å². The molecule has 0 saturated heterocycles. The highest BCUT2D eigenvalue weighted by Gasteiger charge is 2.25. The first-order valence-electron chi connectivity index (χ1n) is 10.5. The zero-order valence-electron chi connectivity index (χ0n) is 16.8. The summed E-state index contributed by atoms with van der Waals surface area (Å²) in [6.45, 7) is 4.56. The second-order valence-electron chi connectivity index (χ2n) is 8.26. The second-order valence-corrected chi connectivity index (χ2v) is 8.26. The molecule has 0 radical (unpaired) electrons. The first-order valence-corrected chi connectivity index (χ1v) is 10.5. The van der Waals surface area contributed by atoms with E-state index in [0.717, 1.165) is 11.5 Å². The smallest absolute Gasteiger partial charge is 0.144 e. The van der Waals surface area contributed by atoms with Crippen LogP contribution in [0, 0.1) is 34.8 Å². The Labute approximate surface area is 167 Å². The van der Waals surface area contributed by atoms with Crippen molar-refractivity contribution in [2.24, 2.45) is 11.8 Å². The van der Waals surface area contributed by atoms with Crippen LogP contribution < -0.4 is 0 Å². The van der Waals surface area contributed by atoms with Crippen molar-refractivity contribution in [2.75, 3.05) is 0 Å². The molecule has 1 atom stereocenters. The first kappa shape index (κ1) is 20.5. The van der Waals surface area contributed by atoms with E-state index in [1.165, 1.54) is 62.6 Å². The SMILES string of the molecule is CCCCC1CCC(C(C)c2ccc(-c3cc(F)c(C#N)c(F)c3)cc2)CC1. The van der Waals surface area contributed by atoms with Crippen molar-refractivity contribution in [3.8, 4) is 17.2 Å². The third kappa shape index (κ3) is 4.61. The van der Waals surface area contributed by atoms with Gasteiger partial charge in [-0.25, -0.2) is 8.78 Å². The van der Waals surface area contributed by atoms with Crippen LogP contribution in [0.4, 0.5) is 8.78 Å². The lowest BCUT2D eigenvalue weighted by Crippen LogP contribution is -2.19. The van der Waals surface area contributed by atoms with Crippen molar-refractivity contribution in [2.45, 2.75) is 64.7 Å². The summed E-state index contributed by atoms with van der Waals surface area (Å²) in [5.74, 6) is 0.501. The molecule has 1 saturated carbocycles. The van der Waals surface area contributed by atoms with Crippen molar-refractivity contribution in [1.82, 2.24) is 0 Å². The topological polar surface area (TPSA) is 23.8 Å². The summed E-state index contributed by atoms with van der Waals surface area (Å²) in [4.78, 5) is 0. The normalized spacial score (nSPS) is 20.5. The van der Waals surface area contributed by atoms with Gasteiger partial charge in [-0.05, 0) is 59.4 Å². The maximum absolute atomic E-state index is 13.9. The number of nitriles is 1. The Balaban J connectivity index is 1.67. The number of halogens is 2. The van der Waals surface area contributed by atoms with Gasteiger partial charge >= 0.3 is 0 Å². The van der Waals surface area contributed by atoms with E-state index in [1.54, 1.807) is 6.07 Å². The van der Waals surface area contributed by atoms with E-state index in [9.17, 15) is 8.78 Å². The molecular formula is C25H29F2N. The van der Waals surface area contributed by atoms with Crippen LogP contribution in [0.1, 0.15) is 75.8 Å². The summed E-state index contributed by atoms with van der Waals surface area (Å²) >= 11 is 0. The molecule has 1 nitrogen and oxygen atoms in total. The van der Waals surface area contributed by atoms with Crippen LogP contribution in [0.25, 0.3) is 11.1 Å². The molecule has 0 aliphatic heterocycles. The molecule has 2 aromatic rings. The van der Waals surface area contributed by atoms with Crippen molar-refractivity contribution in [3.05, 3.63) is 59.2 Å². The van der Waals surface area contributed by atoms with Crippen molar-refractivity contribution in [3.63, 3.8) is 0 Å². The highest BCUT2D eigenvalue weighted by Crippen LogP contribution is 2.40. The predicted octanol–water partition coefficient (Wildman–Crippen LogP) is 7.60. The van der Waals surface area contributed by atoms with Crippen molar-refractivity contribution >= 4 is 0 Å². The maximum atomic E-state index is 13.9. The lowest BCUT2D eigenvalue weighted by Gasteiger charge is -2.32. The van der Waals surface area contributed by atoms with Gasteiger partial charge in [-0.1, -0.05) is 70.2 Å². The van der Waals surface area contributed by atoms with Gasteiger partial charge in [0, 0.05) is 0 Å². The molecule has 1 aliphatic carbocycles. The number of benzene rings is 2. The van der Waals surface area contributed by atoms with Gasteiger partial charge in [0.25, 0.3) is 0 Å². The van der Waals surface area contributed by atoms with E-state index >= 15 is 0 Å².